The van der Waals surface area contributed by atoms with Crippen molar-refractivity contribution >= 4 is 23.3 Å². The van der Waals surface area contributed by atoms with Crippen molar-refractivity contribution in [3.8, 4) is 0 Å². The first-order chi connectivity index (χ1) is 6.15. The van der Waals surface area contributed by atoms with Gasteiger partial charge in [0, 0.05) is 5.70 Å². The van der Waals surface area contributed by atoms with Gasteiger partial charge in [0.15, 0.2) is 5.11 Å². The van der Waals surface area contributed by atoms with Crippen molar-refractivity contribution in [2.75, 3.05) is 13.2 Å². The second-order valence-corrected chi connectivity index (χ2v) is 3.04. The van der Waals surface area contributed by atoms with Gasteiger partial charge in [0.05, 0.1) is 18.7 Å². The summed E-state index contributed by atoms with van der Waals surface area (Å²) in [6.45, 7) is 4.41. The molecule has 0 bridgehead atoms. The Labute approximate surface area is 82.3 Å². The highest BCUT2D eigenvalue weighted by Gasteiger charge is 2.18. The molecule has 0 saturated heterocycles. The number of hydrogen-bond acceptors (Lipinski definition) is 3. The van der Waals surface area contributed by atoms with Crippen LogP contribution in [0.4, 0.5) is 0 Å². The van der Waals surface area contributed by atoms with Gasteiger partial charge in [-0.3, -0.25) is 0 Å². The maximum absolute atomic E-state index is 11.3. The van der Waals surface area contributed by atoms with E-state index < -0.39 is 0 Å². The van der Waals surface area contributed by atoms with E-state index in [-0.39, 0.29) is 5.97 Å². The molecular weight excluding hydrogens is 188 g/mol. The number of esters is 1. The number of rotatable bonds is 2. The number of carbonyl (C=O) groups excluding carboxylic acids is 1. The van der Waals surface area contributed by atoms with E-state index in [1.54, 1.807) is 13.8 Å². The van der Waals surface area contributed by atoms with Crippen molar-refractivity contribution < 1.29 is 9.53 Å². The topological polar surface area (TPSA) is 50.4 Å². The highest BCUT2D eigenvalue weighted by molar-refractivity contribution is 7.80. The summed E-state index contributed by atoms with van der Waals surface area (Å²) < 4.78 is 4.87. The first kappa shape index (κ1) is 9.98. The highest BCUT2D eigenvalue weighted by Crippen LogP contribution is 2.06. The average molecular weight is 200 g/mol. The summed E-state index contributed by atoms with van der Waals surface area (Å²) in [5.74, 6) is -0.289. The molecule has 0 atom stereocenters. The van der Waals surface area contributed by atoms with Crippen molar-refractivity contribution in [2.45, 2.75) is 13.8 Å². The van der Waals surface area contributed by atoms with Crippen molar-refractivity contribution in [3.05, 3.63) is 11.3 Å². The molecule has 0 radical (unpaired) electrons. The normalized spacial score (nSPS) is 16.3. The molecule has 0 spiro atoms. The number of nitrogens with one attached hydrogen (secondary N) is 2. The fourth-order valence-corrected chi connectivity index (χ4v) is 1.26. The van der Waals surface area contributed by atoms with Gasteiger partial charge in [0.2, 0.25) is 0 Å². The number of ether oxygens (including phenoxy) is 1. The Hall–Kier alpha value is -1.10. The fraction of sp³-hybridized carbons (Fsp3) is 0.500. The van der Waals surface area contributed by atoms with Gasteiger partial charge in [-0.15, -0.1) is 0 Å². The zero-order valence-electron chi connectivity index (χ0n) is 7.64. The smallest absolute Gasteiger partial charge is 0.337 e. The molecule has 1 aliphatic rings. The molecule has 0 aromatic carbocycles. The van der Waals surface area contributed by atoms with E-state index >= 15 is 0 Å². The summed E-state index contributed by atoms with van der Waals surface area (Å²) in [6.07, 6.45) is 0. The lowest BCUT2D eigenvalue weighted by atomic mass is 10.2. The molecule has 0 aromatic rings. The van der Waals surface area contributed by atoms with Gasteiger partial charge in [-0.1, -0.05) is 0 Å². The van der Waals surface area contributed by atoms with Crippen molar-refractivity contribution in [2.24, 2.45) is 0 Å². The van der Waals surface area contributed by atoms with Crippen LogP contribution in [0.1, 0.15) is 13.8 Å². The van der Waals surface area contributed by atoms with Gasteiger partial charge in [-0.05, 0) is 26.1 Å². The number of allylic oxidation sites excluding steroid dienone is 1. The van der Waals surface area contributed by atoms with E-state index in [9.17, 15) is 4.79 Å². The van der Waals surface area contributed by atoms with E-state index in [0.29, 0.717) is 23.8 Å². The maximum atomic E-state index is 11.3. The summed E-state index contributed by atoms with van der Waals surface area (Å²) >= 11 is 4.88. The lowest BCUT2D eigenvalue weighted by Crippen LogP contribution is -2.42. The molecule has 13 heavy (non-hydrogen) atoms. The number of hydrogen-bond donors (Lipinski definition) is 2. The summed E-state index contributed by atoms with van der Waals surface area (Å²) in [7, 11) is 0. The molecule has 0 aliphatic carbocycles. The quantitative estimate of drug-likeness (QED) is 0.496. The maximum Gasteiger partial charge on any atom is 0.337 e. The first-order valence-electron chi connectivity index (χ1n) is 4.07. The molecule has 2 N–H and O–H groups in total. The minimum absolute atomic E-state index is 0.289. The average Bonchev–Trinajstić information content (AvgIpc) is 2.04. The second kappa shape index (κ2) is 4.23. The Morgan fingerprint density at radius 2 is 2.38 bits per heavy atom. The van der Waals surface area contributed by atoms with Gasteiger partial charge in [0.25, 0.3) is 0 Å². The van der Waals surface area contributed by atoms with Crippen molar-refractivity contribution in [3.63, 3.8) is 0 Å². The van der Waals surface area contributed by atoms with Gasteiger partial charge in [-0.25, -0.2) is 4.79 Å². The Morgan fingerprint density at radius 1 is 1.69 bits per heavy atom. The molecule has 1 rings (SSSR count). The van der Waals surface area contributed by atoms with Crippen molar-refractivity contribution in [1.29, 1.82) is 0 Å². The molecule has 0 unspecified atom stereocenters. The van der Waals surface area contributed by atoms with Gasteiger partial charge < -0.3 is 15.4 Å². The molecule has 0 amide bonds. The molecule has 4 nitrogen and oxygen atoms in total. The Balaban J connectivity index is 2.73. The Kier molecular flexibility index (Phi) is 3.25. The third-order valence-electron chi connectivity index (χ3n) is 1.70. The standard InChI is InChI=1S/C8H12N2O2S/c1-3-12-7(11)6-4-9-8(13)10-5(6)2/h3-4H2,1-2H3,(H2,9,10,13). The molecule has 0 fully saturated rings. The third-order valence-corrected chi connectivity index (χ3v) is 1.95. The lowest BCUT2D eigenvalue weighted by Gasteiger charge is -2.20. The van der Waals surface area contributed by atoms with E-state index in [4.69, 9.17) is 17.0 Å². The first-order valence-corrected chi connectivity index (χ1v) is 4.47. The molecular formula is C8H12N2O2S. The van der Waals surface area contributed by atoms with Gasteiger partial charge in [-0.2, -0.15) is 0 Å². The molecule has 5 heteroatoms. The fourth-order valence-electron chi connectivity index (χ4n) is 1.03. The summed E-state index contributed by atoms with van der Waals surface area (Å²) in [5.41, 5.74) is 1.37. The van der Waals surface area contributed by atoms with E-state index in [1.807, 2.05) is 0 Å². The van der Waals surface area contributed by atoms with Crippen LogP contribution in [-0.2, 0) is 9.53 Å². The van der Waals surface area contributed by atoms with Crippen LogP contribution >= 0.6 is 12.2 Å². The minimum Gasteiger partial charge on any atom is -0.463 e. The van der Waals surface area contributed by atoms with Crippen LogP contribution in [0, 0.1) is 0 Å². The predicted molar refractivity (Wildman–Crippen MR) is 53.1 cm³/mol. The van der Waals surface area contributed by atoms with Crippen LogP contribution in [-0.4, -0.2) is 24.2 Å². The molecule has 1 aliphatic heterocycles. The molecule has 72 valence electrons. The van der Waals surface area contributed by atoms with E-state index in [0.717, 1.165) is 5.70 Å². The molecule has 0 aromatic heterocycles. The predicted octanol–water partition coefficient (Wildman–Crippen LogP) is 0.301. The summed E-state index contributed by atoms with van der Waals surface area (Å²) in [6, 6.07) is 0. The van der Waals surface area contributed by atoms with Gasteiger partial charge in [0.1, 0.15) is 0 Å². The zero-order valence-corrected chi connectivity index (χ0v) is 8.46. The SMILES string of the molecule is CCOC(=O)C1=C(C)NC(=S)NC1. The number of thiocarbonyl (C=S) groups is 1. The van der Waals surface area contributed by atoms with Crippen molar-refractivity contribution in [1.82, 2.24) is 10.6 Å². The minimum atomic E-state index is -0.289. The molecule has 1 heterocycles. The highest BCUT2D eigenvalue weighted by atomic mass is 32.1. The van der Waals surface area contributed by atoms with E-state index in [1.165, 1.54) is 0 Å². The monoisotopic (exact) mass is 200 g/mol. The van der Waals surface area contributed by atoms with Crippen LogP contribution in [0.25, 0.3) is 0 Å². The summed E-state index contributed by atoms with van der Waals surface area (Å²) in [5, 5.41) is 6.28. The Morgan fingerprint density at radius 3 is 2.92 bits per heavy atom. The van der Waals surface area contributed by atoms with Crippen LogP contribution in [0.5, 0.6) is 0 Å². The summed E-state index contributed by atoms with van der Waals surface area (Å²) in [4.78, 5) is 11.3. The Bertz CT molecular complexity index is 273. The van der Waals surface area contributed by atoms with Crippen LogP contribution in [0.2, 0.25) is 0 Å². The van der Waals surface area contributed by atoms with Crippen LogP contribution < -0.4 is 10.6 Å². The largest absolute Gasteiger partial charge is 0.463 e. The lowest BCUT2D eigenvalue weighted by molar-refractivity contribution is -0.138. The number of carbonyl (C=O) groups is 1. The van der Waals surface area contributed by atoms with Crippen LogP contribution in [0.3, 0.4) is 0 Å². The molecule has 0 saturated carbocycles. The second-order valence-electron chi connectivity index (χ2n) is 2.63. The van der Waals surface area contributed by atoms with E-state index in [2.05, 4.69) is 10.6 Å². The van der Waals surface area contributed by atoms with Gasteiger partial charge >= 0.3 is 5.97 Å². The van der Waals surface area contributed by atoms with Crippen LogP contribution in [0.15, 0.2) is 11.3 Å². The third kappa shape index (κ3) is 2.42. The zero-order chi connectivity index (χ0) is 9.84.